The lowest BCUT2D eigenvalue weighted by Crippen LogP contribution is -2.12. The van der Waals surface area contributed by atoms with Gasteiger partial charge in [0, 0.05) is 5.92 Å². The Morgan fingerprint density at radius 2 is 2.10 bits per heavy atom. The van der Waals surface area contributed by atoms with Gasteiger partial charge >= 0.3 is 0 Å². The summed E-state index contributed by atoms with van der Waals surface area (Å²) in [5.74, 6) is 1.36. The fraction of sp³-hybridized carbons (Fsp3) is 0.222. The number of nitriles is 1. The largest absolute Gasteiger partial charge is 0.341 e. The number of hydrogen-bond acceptors (Lipinski definition) is 2. The Morgan fingerprint density at radius 1 is 1.19 bits per heavy atom. The van der Waals surface area contributed by atoms with Gasteiger partial charge in [-0.05, 0) is 48.6 Å². The van der Waals surface area contributed by atoms with Gasteiger partial charge in [-0.2, -0.15) is 5.26 Å². The molecule has 1 aromatic heterocycles. The molecule has 2 aromatic carbocycles. The minimum Gasteiger partial charge on any atom is -0.341 e. The number of imidazole rings is 1. The molecular formula is C18H15N3. The lowest BCUT2D eigenvalue weighted by molar-refractivity contribution is 0.596. The number of hydrogen-bond donors (Lipinski definition) is 1. The minimum atomic E-state index is 0.341. The van der Waals surface area contributed by atoms with Gasteiger partial charge < -0.3 is 4.98 Å². The topological polar surface area (TPSA) is 52.5 Å². The highest BCUT2D eigenvalue weighted by molar-refractivity contribution is 5.77. The molecule has 0 saturated carbocycles. The van der Waals surface area contributed by atoms with Gasteiger partial charge in [0.25, 0.3) is 0 Å². The SMILES string of the molecule is N#Cc1ccc2nc(C3CCCc4ccccc43)[nH]c2c1. The van der Waals surface area contributed by atoms with E-state index in [1.165, 1.54) is 17.5 Å². The second-order valence-corrected chi connectivity index (χ2v) is 5.61. The number of benzene rings is 2. The van der Waals surface area contributed by atoms with Crippen LogP contribution in [-0.2, 0) is 6.42 Å². The van der Waals surface area contributed by atoms with Crippen LogP contribution in [0.1, 0.15) is 41.3 Å². The van der Waals surface area contributed by atoms with Crippen molar-refractivity contribution in [3.8, 4) is 6.07 Å². The predicted molar refractivity (Wildman–Crippen MR) is 82.0 cm³/mol. The second-order valence-electron chi connectivity index (χ2n) is 5.61. The highest BCUT2D eigenvalue weighted by atomic mass is 14.9. The van der Waals surface area contributed by atoms with Crippen molar-refractivity contribution in [2.24, 2.45) is 0 Å². The average Bonchev–Trinajstić information content (AvgIpc) is 2.97. The standard InChI is InChI=1S/C18H15N3/c19-11-12-8-9-16-17(10-12)21-18(20-16)15-7-3-5-13-4-1-2-6-14(13)15/h1-2,4,6,8-10,15H,3,5,7H2,(H,20,21). The first-order valence-electron chi connectivity index (χ1n) is 7.33. The number of fused-ring (bicyclic) bond motifs is 2. The average molecular weight is 273 g/mol. The Labute approximate surface area is 123 Å². The third kappa shape index (κ3) is 2.00. The lowest BCUT2D eigenvalue weighted by atomic mass is 9.82. The van der Waals surface area contributed by atoms with E-state index in [4.69, 9.17) is 10.2 Å². The summed E-state index contributed by atoms with van der Waals surface area (Å²) in [5, 5.41) is 9.00. The molecular weight excluding hydrogens is 258 g/mol. The number of aromatic nitrogens is 2. The molecule has 0 bridgehead atoms. The quantitative estimate of drug-likeness (QED) is 0.731. The lowest BCUT2D eigenvalue weighted by Gasteiger charge is -2.23. The molecule has 3 heteroatoms. The van der Waals surface area contributed by atoms with Crippen molar-refractivity contribution >= 4 is 11.0 Å². The normalized spacial score (nSPS) is 17.4. The van der Waals surface area contributed by atoms with Gasteiger partial charge in [0.05, 0.1) is 22.7 Å². The molecule has 0 spiro atoms. The summed E-state index contributed by atoms with van der Waals surface area (Å²) in [7, 11) is 0. The van der Waals surface area contributed by atoms with Crippen LogP contribution >= 0.6 is 0 Å². The fourth-order valence-corrected chi connectivity index (χ4v) is 3.30. The Hall–Kier alpha value is -2.60. The van der Waals surface area contributed by atoms with Gasteiger partial charge in [0.15, 0.2) is 0 Å². The Kier molecular flexibility index (Phi) is 2.75. The van der Waals surface area contributed by atoms with E-state index in [-0.39, 0.29) is 0 Å². The molecule has 1 unspecified atom stereocenters. The predicted octanol–water partition coefficient (Wildman–Crippen LogP) is 3.90. The Morgan fingerprint density at radius 3 is 3.00 bits per heavy atom. The van der Waals surface area contributed by atoms with Crippen LogP contribution in [0.2, 0.25) is 0 Å². The van der Waals surface area contributed by atoms with Crippen molar-refractivity contribution in [3.05, 3.63) is 65.0 Å². The van der Waals surface area contributed by atoms with E-state index in [1.807, 2.05) is 18.2 Å². The first kappa shape index (κ1) is 12.2. The third-order valence-corrected chi connectivity index (χ3v) is 4.33. The molecule has 0 aliphatic heterocycles. The zero-order valence-corrected chi connectivity index (χ0v) is 11.6. The Bertz CT molecular complexity index is 854. The molecule has 3 aromatic rings. The van der Waals surface area contributed by atoms with Crippen molar-refractivity contribution in [2.75, 3.05) is 0 Å². The third-order valence-electron chi connectivity index (χ3n) is 4.33. The number of rotatable bonds is 1. The molecule has 4 rings (SSSR count). The number of aryl methyl sites for hydroxylation is 1. The van der Waals surface area contributed by atoms with E-state index in [1.54, 1.807) is 0 Å². The van der Waals surface area contributed by atoms with Crippen LogP contribution in [0.5, 0.6) is 0 Å². The van der Waals surface area contributed by atoms with E-state index < -0.39 is 0 Å². The van der Waals surface area contributed by atoms with Crippen molar-refractivity contribution in [3.63, 3.8) is 0 Å². The van der Waals surface area contributed by atoms with Crippen LogP contribution in [0.4, 0.5) is 0 Å². The first-order chi connectivity index (χ1) is 10.3. The van der Waals surface area contributed by atoms with E-state index in [0.29, 0.717) is 11.5 Å². The van der Waals surface area contributed by atoms with Crippen molar-refractivity contribution in [1.82, 2.24) is 9.97 Å². The number of nitrogens with zero attached hydrogens (tertiary/aromatic N) is 2. The zero-order chi connectivity index (χ0) is 14.2. The van der Waals surface area contributed by atoms with Crippen LogP contribution in [0.3, 0.4) is 0 Å². The molecule has 0 fully saturated rings. The maximum atomic E-state index is 9.00. The molecule has 0 radical (unpaired) electrons. The molecule has 3 nitrogen and oxygen atoms in total. The summed E-state index contributed by atoms with van der Waals surface area (Å²) in [4.78, 5) is 8.16. The van der Waals surface area contributed by atoms with Gasteiger partial charge in [-0.15, -0.1) is 0 Å². The smallest absolute Gasteiger partial charge is 0.114 e. The molecule has 0 amide bonds. The molecule has 1 heterocycles. The summed E-state index contributed by atoms with van der Waals surface area (Å²) in [5.41, 5.74) is 5.39. The Balaban J connectivity index is 1.83. The van der Waals surface area contributed by atoms with Gasteiger partial charge in [-0.1, -0.05) is 24.3 Å². The van der Waals surface area contributed by atoms with Crippen LogP contribution in [0.15, 0.2) is 42.5 Å². The van der Waals surface area contributed by atoms with E-state index in [0.717, 1.165) is 29.7 Å². The summed E-state index contributed by atoms with van der Waals surface area (Å²) < 4.78 is 0. The van der Waals surface area contributed by atoms with Gasteiger partial charge in [-0.25, -0.2) is 4.98 Å². The molecule has 1 aliphatic carbocycles. The molecule has 21 heavy (non-hydrogen) atoms. The molecule has 1 aliphatic rings. The van der Waals surface area contributed by atoms with E-state index in [2.05, 4.69) is 35.3 Å². The minimum absolute atomic E-state index is 0.341. The van der Waals surface area contributed by atoms with Crippen LogP contribution < -0.4 is 0 Å². The summed E-state index contributed by atoms with van der Waals surface area (Å²) in [6.45, 7) is 0. The number of H-pyrrole nitrogens is 1. The number of aromatic amines is 1. The molecule has 0 saturated heterocycles. The molecule has 102 valence electrons. The van der Waals surface area contributed by atoms with Crippen LogP contribution in [0, 0.1) is 11.3 Å². The highest BCUT2D eigenvalue weighted by Crippen LogP contribution is 2.35. The second kappa shape index (κ2) is 4.75. The van der Waals surface area contributed by atoms with Gasteiger partial charge in [-0.3, -0.25) is 0 Å². The van der Waals surface area contributed by atoms with Crippen LogP contribution in [-0.4, -0.2) is 9.97 Å². The molecule has 1 atom stereocenters. The fourth-order valence-electron chi connectivity index (χ4n) is 3.30. The summed E-state index contributed by atoms with van der Waals surface area (Å²) >= 11 is 0. The molecule has 1 N–H and O–H groups in total. The van der Waals surface area contributed by atoms with E-state index in [9.17, 15) is 0 Å². The summed E-state index contributed by atoms with van der Waals surface area (Å²) in [6, 6.07) is 16.4. The first-order valence-corrected chi connectivity index (χ1v) is 7.33. The van der Waals surface area contributed by atoms with Crippen molar-refractivity contribution < 1.29 is 0 Å². The van der Waals surface area contributed by atoms with Gasteiger partial charge in [0.2, 0.25) is 0 Å². The van der Waals surface area contributed by atoms with Crippen molar-refractivity contribution in [2.45, 2.75) is 25.2 Å². The number of nitrogens with one attached hydrogen (secondary N) is 1. The monoisotopic (exact) mass is 273 g/mol. The highest BCUT2D eigenvalue weighted by Gasteiger charge is 2.23. The maximum absolute atomic E-state index is 9.00. The zero-order valence-electron chi connectivity index (χ0n) is 11.6. The van der Waals surface area contributed by atoms with Crippen molar-refractivity contribution in [1.29, 1.82) is 5.26 Å². The van der Waals surface area contributed by atoms with Crippen LogP contribution in [0.25, 0.3) is 11.0 Å². The van der Waals surface area contributed by atoms with E-state index >= 15 is 0 Å². The van der Waals surface area contributed by atoms with Gasteiger partial charge in [0.1, 0.15) is 5.82 Å². The summed E-state index contributed by atoms with van der Waals surface area (Å²) in [6.07, 6.45) is 3.48. The maximum Gasteiger partial charge on any atom is 0.114 e.